The minimum absolute atomic E-state index is 0.0508. The zero-order chi connectivity index (χ0) is 13.8. The van der Waals surface area contributed by atoms with Gasteiger partial charge in [0, 0.05) is 11.1 Å². The topological polar surface area (TPSA) is 26.3 Å². The maximum atomic E-state index is 12.4. The predicted octanol–water partition coefficient (Wildman–Crippen LogP) is 3.93. The van der Waals surface area contributed by atoms with E-state index >= 15 is 0 Å². The molecule has 0 spiro atoms. The first kappa shape index (κ1) is 13.3. The number of ketones is 1. The molecule has 2 aromatic rings. The van der Waals surface area contributed by atoms with Gasteiger partial charge in [-0.15, -0.1) is 0 Å². The Morgan fingerprint density at radius 1 is 1.00 bits per heavy atom. The Morgan fingerprint density at radius 3 is 2.11 bits per heavy atom. The molecule has 2 nitrogen and oxygen atoms in total. The standard InChI is InChI=1S/C17H18O2/c1-4-19-17-12(2)10-15(11-13(17)3)16(18)14-8-6-5-7-9-14/h5-11H,4H2,1-3H3. The van der Waals surface area contributed by atoms with Crippen molar-refractivity contribution in [3.63, 3.8) is 0 Å². The lowest BCUT2D eigenvalue weighted by atomic mass is 9.98. The first-order chi connectivity index (χ1) is 9.13. The van der Waals surface area contributed by atoms with E-state index in [2.05, 4.69) is 0 Å². The zero-order valence-corrected chi connectivity index (χ0v) is 11.6. The lowest BCUT2D eigenvalue weighted by Gasteiger charge is -2.12. The summed E-state index contributed by atoms with van der Waals surface area (Å²) in [5.41, 5.74) is 3.43. The van der Waals surface area contributed by atoms with Crippen molar-refractivity contribution in [1.29, 1.82) is 0 Å². The van der Waals surface area contributed by atoms with Crippen LogP contribution < -0.4 is 4.74 Å². The Morgan fingerprint density at radius 2 is 1.58 bits per heavy atom. The highest BCUT2D eigenvalue weighted by Crippen LogP contribution is 2.26. The molecule has 0 heterocycles. The van der Waals surface area contributed by atoms with Gasteiger partial charge >= 0.3 is 0 Å². The summed E-state index contributed by atoms with van der Waals surface area (Å²) >= 11 is 0. The van der Waals surface area contributed by atoms with Crippen molar-refractivity contribution in [2.24, 2.45) is 0 Å². The smallest absolute Gasteiger partial charge is 0.193 e. The van der Waals surface area contributed by atoms with E-state index in [1.165, 1.54) is 0 Å². The molecule has 98 valence electrons. The summed E-state index contributed by atoms with van der Waals surface area (Å²) in [6, 6.07) is 13.1. The SMILES string of the molecule is CCOc1c(C)cc(C(=O)c2ccccc2)cc1C. The molecule has 2 heteroatoms. The molecule has 0 aromatic heterocycles. The molecular formula is C17H18O2. The molecule has 0 atom stereocenters. The van der Waals surface area contributed by atoms with Gasteiger partial charge in [-0.25, -0.2) is 0 Å². The van der Waals surface area contributed by atoms with Crippen LogP contribution in [0.25, 0.3) is 0 Å². The van der Waals surface area contributed by atoms with Crippen LogP contribution in [0.4, 0.5) is 0 Å². The fourth-order valence-electron chi connectivity index (χ4n) is 2.21. The summed E-state index contributed by atoms with van der Waals surface area (Å²) in [7, 11) is 0. The van der Waals surface area contributed by atoms with E-state index in [4.69, 9.17) is 4.74 Å². The van der Waals surface area contributed by atoms with E-state index in [-0.39, 0.29) is 5.78 Å². The van der Waals surface area contributed by atoms with Gasteiger partial charge in [0.05, 0.1) is 6.61 Å². The van der Waals surface area contributed by atoms with Gasteiger partial charge in [0.2, 0.25) is 0 Å². The second kappa shape index (κ2) is 5.70. The number of hydrogen-bond donors (Lipinski definition) is 0. The van der Waals surface area contributed by atoms with E-state index < -0.39 is 0 Å². The van der Waals surface area contributed by atoms with Gasteiger partial charge in [-0.05, 0) is 44.0 Å². The average Bonchev–Trinajstić information content (AvgIpc) is 2.43. The molecule has 0 N–H and O–H groups in total. The number of aryl methyl sites for hydroxylation is 2. The van der Waals surface area contributed by atoms with Gasteiger partial charge in [-0.1, -0.05) is 30.3 Å². The summed E-state index contributed by atoms with van der Waals surface area (Å²) < 4.78 is 5.60. The highest BCUT2D eigenvalue weighted by Gasteiger charge is 2.12. The zero-order valence-electron chi connectivity index (χ0n) is 11.6. The van der Waals surface area contributed by atoms with Gasteiger partial charge in [-0.2, -0.15) is 0 Å². The fourth-order valence-corrected chi connectivity index (χ4v) is 2.21. The van der Waals surface area contributed by atoms with E-state index in [0.717, 1.165) is 16.9 Å². The van der Waals surface area contributed by atoms with Crippen molar-refractivity contribution in [2.75, 3.05) is 6.61 Å². The molecule has 0 fully saturated rings. The van der Waals surface area contributed by atoms with Crippen LogP contribution in [0.1, 0.15) is 34.0 Å². The van der Waals surface area contributed by atoms with Gasteiger partial charge < -0.3 is 4.74 Å². The van der Waals surface area contributed by atoms with Crippen LogP contribution >= 0.6 is 0 Å². The maximum Gasteiger partial charge on any atom is 0.193 e. The molecular weight excluding hydrogens is 236 g/mol. The first-order valence-corrected chi connectivity index (χ1v) is 6.47. The maximum absolute atomic E-state index is 12.4. The predicted molar refractivity (Wildman–Crippen MR) is 77.0 cm³/mol. The van der Waals surface area contributed by atoms with Crippen molar-refractivity contribution in [2.45, 2.75) is 20.8 Å². The molecule has 0 aliphatic carbocycles. The molecule has 19 heavy (non-hydrogen) atoms. The summed E-state index contributed by atoms with van der Waals surface area (Å²) in [5.74, 6) is 0.932. The van der Waals surface area contributed by atoms with E-state index in [9.17, 15) is 4.79 Å². The summed E-state index contributed by atoms with van der Waals surface area (Å²) in [5, 5.41) is 0. The quantitative estimate of drug-likeness (QED) is 0.773. The number of carbonyl (C=O) groups is 1. The number of hydrogen-bond acceptors (Lipinski definition) is 2. The number of benzene rings is 2. The minimum Gasteiger partial charge on any atom is -0.493 e. The largest absolute Gasteiger partial charge is 0.493 e. The summed E-state index contributed by atoms with van der Waals surface area (Å²) in [6.07, 6.45) is 0. The molecule has 2 aromatic carbocycles. The van der Waals surface area contributed by atoms with Crippen LogP contribution in [0.3, 0.4) is 0 Å². The van der Waals surface area contributed by atoms with Crippen molar-refractivity contribution >= 4 is 5.78 Å². The third kappa shape index (κ3) is 2.84. The molecule has 0 aliphatic heterocycles. The Kier molecular flexibility index (Phi) is 4.00. The van der Waals surface area contributed by atoms with E-state index in [0.29, 0.717) is 17.7 Å². The van der Waals surface area contributed by atoms with Gasteiger partial charge in [-0.3, -0.25) is 4.79 Å². The van der Waals surface area contributed by atoms with Crippen molar-refractivity contribution in [3.05, 3.63) is 64.7 Å². The number of carbonyl (C=O) groups excluding carboxylic acids is 1. The van der Waals surface area contributed by atoms with Crippen LogP contribution in [-0.4, -0.2) is 12.4 Å². The van der Waals surface area contributed by atoms with Crippen LogP contribution in [0, 0.1) is 13.8 Å². The molecule has 0 saturated heterocycles. The lowest BCUT2D eigenvalue weighted by Crippen LogP contribution is -2.04. The van der Waals surface area contributed by atoms with Crippen molar-refractivity contribution in [3.8, 4) is 5.75 Å². The van der Waals surface area contributed by atoms with Gasteiger partial charge in [0.15, 0.2) is 5.78 Å². The van der Waals surface area contributed by atoms with Gasteiger partial charge in [0.1, 0.15) is 5.75 Å². The van der Waals surface area contributed by atoms with E-state index in [1.54, 1.807) is 0 Å². The first-order valence-electron chi connectivity index (χ1n) is 6.47. The van der Waals surface area contributed by atoms with Crippen molar-refractivity contribution < 1.29 is 9.53 Å². The lowest BCUT2D eigenvalue weighted by molar-refractivity contribution is 0.103. The minimum atomic E-state index is 0.0508. The Hall–Kier alpha value is -2.09. The number of ether oxygens (including phenoxy) is 1. The molecule has 0 bridgehead atoms. The van der Waals surface area contributed by atoms with Crippen molar-refractivity contribution in [1.82, 2.24) is 0 Å². The third-order valence-electron chi connectivity index (χ3n) is 3.05. The molecule has 0 saturated carbocycles. The van der Waals surface area contributed by atoms with Gasteiger partial charge in [0.25, 0.3) is 0 Å². The molecule has 0 radical (unpaired) electrons. The second-order valence-corrected chi connectivity index (χ2v) is 4.57. The summed E-state index contributed by atoms with van der Waals surface area (Å²) in [4.78, 5) is 12.4. The monoisotopic (exact) mass is 254 g/mol. The Bertz CT molecular complexity index is 562. The Balaban J connectivity index is 2.39. The van der Waals surface area contributed by atoms with Crippen LogP contribution in [0.2, 0.25) is 0 Å². The third-order valence-corrected chi connectivity index (χ3v) is 3.05. The Labute approximate surface area is 114 Å². The fraction of sp³-hybridized carbons (Fsp3) is 0.235. The highest BCUT2D eigenvalue weighted by molar-refractivity contribution is 6.09. The number of rotatable bonds is 4. The van der Waals surface area contributed by atoms with E-state index in [1.807, 2.05) is 63.2 Å². The molecule has 0 unspecified atom stereocenters. The second-order valence-electron chi connectivity index (χ2n) is 4.57. The van der Waals surface area contributed by atoms with Crippen LogP contribution in [-0.2, 0) is 0 Å². The highest BCUT2D eigenvalue weighted by atomic mass is 16.5. The molecule has 2 rings (SSSR count). The average molecular weight is 254 g/mol. The molecule has 0 amide bonds. The molecule has 0 aliphatic rings. The van der Waals surface area contributed by atoms with Crippen LogP contribution in [0.5, 0.6) is 5.75 Å². The normalized spacial score (nSPS) is 10.3. The summed E-state index contributed by atoms with van der Waals surface area (Å²) in [6.45, 7) is 6.54. The van der Waals surface area contributed by atoms with Crippen LogP contribution in [0.15, 0.2) is 42.5 Å².